The number of piperidine rings is 1. The summed E-state index contributed by atoms with van der Waals surface area (Å²) in [6, 6.07) is 6.17. The highest BCUT2D eigenvalue weighted by molar-refractivity contribution is 7.89. The Morgan fingerprint density at radius 2 is 1.62 bits per heavy atom. The monoisotopic (exact) mass is 352 g/mol. The van der Waals surface area contributed by atoms with Gasteiger partial charge in [0.25, 0.3) is 0 Å². The van der Waals surface area contributed by atoms with E-state index < -0.39 is 10.0 Å². The standard InChI is InChI=1S/C15H24N6O2S/c1-10-7-11(2)9-21(8-10)24(22,23)13-5-3-12(4-6-13)19-15(18)20-14(16)17/h3-6,10-11H,7-9H2,1-2H3,(H6,16,17,18,19,20). The van der Waals surface area contributed by atoms with Crippen LogP contribution in [-0.2, 0) is 10.0 Å². The lowest BCUT2D eigenvalue weighted by Gasteiger charge is -2.34. The second-order valence-electron chi connectivity index (χ2n) is 6.27. The molecule has 2 rings (SSSR count). The molecule has 0 aliphatic carbocycles. The van der Waals surface area contributed by atoms with Gasteiger partial charge in [0, 0.05) is 13.1 Å². The van der Waals surface area contributed by atoms with Crippen molar-refractivity contribution in [1.29, 1.82) is 0 Å². The molecule has 1 aliphatic rings. The Balaban J connectivity index is 2.22. The fourth-order valence-corrected chi connectivity index (χ4v) is 4.61. The van der Waals surface area contributed by atoms with Crippen LogP contribution in [0.15, 0.2) is 39.1 Å². The number of sulfonamides is 1. The summed E-state index contributed by atoms with van der Waals surface area (Å²) in [7, 11) is -3.51. The molecular weight excluding hydrogens is 328 g/mol. The highest BCUT2D eigenvalue weighted by Crippen LogP contribution is 2.27. The number of hydrogen-bond acceptors (Lipinski definition) is 3. The molecule has 0 saturated carbocycles. The quantitative estimate of drug-likeness (QED) is 0.539. The van der Waals surface area contributed by atoms with Crippen LogP contribution in [0, 0.1) is 11.8 Å². The molecule has 1 fully saturated rings. The van der Waals surface area contributed by atoms with Crippen LogP contribution in [0.25, 0.3) is 0 Å². The molecule has 2 unspecified atom stereocenters. The van der Waals surface area contributed by atoms with Gasteiger partial charge in [0.15, 0.2) is 5.96 Å². The van der Waals surface area contributed by atoms with E-state index in [0.717, 1.165) is 6.42 Å². The van der Waals surface area contributed by atoms with Crippen LogP contribution in [0.3, 0.4) is 0 Å². The number of nitrogens with two attached hydrogens (primary N) is 3. The Hall–Kier alpha value is -2.13. The summed E-state index contributed by atoms with van der Waals surface area (Å²) in [4.78, 5) is 7.84. The Bertz CT molecular complexity index is 728. The van der Waals surface area contributed by atoms with E-state index in [1.54, 1.807) is 16.4 Å². The Morgan fingerprint density at radius 3 is 2.12 bits per heavy atom. The first kappa shape index (κ1) is 18.2. The summed E-state index contributed by atoms with van der Waals surface area (Å²) < 4.78 is 27.1. The van der Waals surface area contributed by atoms with E-state index in [1.165, 1.54) is 12.1 Å². The van der Waals surface area contributed by atoms with E-state index in [1.807, 2.05) is 0 Å². The van der Waals surface area contributed by atoms with Crippen LogP contribution in [0.5, 0.6) is 0 Å². The van der Waals surface area contributed by atoms with Crippen molar-refractivity contribution in [2.45, 2.75) is 25.2 Å². The minimum Gasteiger partial charge on any atom is -0.370 e. The van der Waals surface area contributed by atoms with Gasteiger partial charge < -0.3 is 17.2 Å². The summed E-state index contributed by atoms with van der Waals surface area (Å²) in [5, 5.41) is 0. The van der Waals surface area contributed by atoms with Gasteiger partial charge >= 0.3 is 0 Å². The first-order valence-corrected chi connectivity index (χ1v) is 9.16. The van der Waals surface area contributed by atoms with Gasteiger partial charge in [-0.25, -0.2) is 13.4 Å². The molecular formula is C15H24N6O2S. The molecule has 2 atom stereocenters. The van der Waals surface area contributed by atoms with Crippen LogP contribution in [0.4, 0.5) is 5.69 Å². The minimum absolute atomic E-state index is 0.0933. The largest absolute Gasteiger partial charge is 0.370 e. The molecule has 8 nitrogen and oxygen atoms in total. The molecule has 1 saturated heterocycles. The number of rotatable bonds is 3. The third kappa shape index (κ3) is 4.45. The topological polar surface area (TPSA) is 140 Å². The second kappa shape index (κ2) is 7.18. The van der Waals surface area contributed by atoms with E-state index >= 15 is 0 Å². The SMILES string of the molecule is CC1CC(C)CN(S(=O)(=O)c2ccc(N=C(N)N=C(N)N)cc2)C1. The summed E-state index contributed by atoms with van der Waals surface area (Å²) >= 11 is 0. The molecule has 6 N–H and O–H groups in total. The van der Waals surface area contributed by atoms with Gasteiger partial charge in [0.05, 0.1) is 10.6 Å². The molecule has 0 amide bonds. The lowest BCUT2D eigenvalue weighted by Crippen LogP contribution is -2.42. The van der Waals surface area contributed by atoms with Crippen LogP contribution in [0.1, 0.15) is 20.3 Å². The van der Waals surface area contributed by atoms with Gasteiger partial charge in [-0.15, -0.1) is 0 Å². The van der Waals surface area contributed by atoms with Crippen molar-refractivity contribution in [3.63, 3.8) is 0 Å². The molecule has 0 radical (unpaired) electrons. The first-order valence-electron chi connectivity index (χ1n) is 7.72. The highest BCUT2D eigenvalue weighted by atomic mass is 32.2. The number of benzene rings is 1. The molecule has 0 spiro atoms. The average Bonchev–Trinajstić information content (AvgIpc) is 2.45. The Labute approximate surface area is 142 Å². The number of aliphatic imine (C=N–C) groups is 2. The van der Waals surface area contributed by atoms with Gasteiger partial charge in [-0.1, -0.05) is 13.8 Å². The Morgan fingerprint density at radius 1 is 1.08 bits per heavy atom. The van der Waals surface area contributed by atoms with Gasteiger partial charge in [-0.05, 0) is 42.5 Å². The summed E-state index contributed by atoms with van der Waals surface area (Å²) in [5.41, 5.74) is 16.5. The maximum Gasteiger partial charge on any atom is 0.243 e. The summed E-state index contributed by atoms with van der Waals surface area (Å²) in [6.07, 6.45) is 1.05. The molecule has 1 aliphatic heterocycles. The smallest absolute Gasteiger partial charge is 0.243 e. The zero-order valence-corrected chi connectivity index (χ0v) is 14.7. The van der Waals surface area contributed by atoms with E-state index in [0.29, 0.717) is 30.6 Å². The number of nitrogens with zero attached hydrogens (tertiary/aromatic N) is 3. The molecule has 132 valence electrons. The van der Waals surface area contributed by atoms with E-state index in [-0.39, 0.29) is 16.8 Å². The van der Waals surface area contributed by atoms with Crippen LogP contribution in [0.2, 0.25) is 0 Å². The lowest BCUT2D eigenvalue weighted by molar-refractivity contribution is 0.222. The van der Waals surface area contributed by atoms with E-state index in [9.17, 15) is 8.42 Å². The fourth-order valence-electron chi connectivity index (χ4n) is 2.93. The van der Waals surface area contributed by atoms with Crippen molar-refractivity contribution in [1.82, 2.24) is 4.31 Å². The Kier molecular flexibility index (Phi) is 5.45. The van der Waals surface area contributed by atoms with Crippen molar-refractivity contribution in [3.8, 4) is 0 Å². The van der Waals surface area contributed by atoms with Crippen molar-refractivity contribution >= 4 is 27.6 Å². The van der Waals surface area contributed by atoms with Gasteiger partial charge in [0.1, 0.15) is 0 Å². The lowest BCUT2D eigenvalue weighted by atomic mass is 9.94. The minimum atomic E-state index is -3.51. The molecule has 0 bridgehead atoms. The van der Waals surface area contributed by atoms with E-state index in [4.69, 9.17) is 17.2 Å². The van der Waals surface area contributed by atoms with Crippen molar-refractivity contribution in [2.75, 3.05) is 13.1 Å². The first-order chi connectivity index (χ1) is 11.2. The zero-order chi connectivity index (χ0) is 17.9. The van der Waals surface area contributed by atoms with Crippen molar-refractivity contribution < 1.29 is 8.42 Å². The molecule has 24 heavy (non-hydrogen) atoms. The molecule has 1 heterocycles. The second-order valence-corrected chi connectivity index (χ2v) is 8.21. The number of hydrogen-bond donors (Lipinski definition) is 3. The predicted octanol–water partition coefficient (Wildman–Crippen LogP) is 0.573. The van der Waals surface area contributed by atoms with E-state index in [2.05, 4.69) is 23.8 Å². The molecule has 1 aromatic rings. The van der Waals surface area contributed by atoms with Crippen molar-refractivity contribution in [2.24, 2.45) is 39.0 Å². The molecule has 0 aromatic heterocycles. The average molecular weight is 352 g/mol. The van der Waals surface area contributed by atoms with Crippen LogP contribution in [-0.4, -0.2) is 37.7 Å². The maximum absolute atomic E-state index is 12.8. The fraction of sp³-hybridized carbons (Fsp3) is 0.467. The van der Waals surface area contributed by atoms with Gasteiger partial charge in [-0.2, -0.15) is 9.30 Å². The maximum atomic E-state index is 12.8. The highest BCUT2D eigenvalue weighted by Gasteiger charge is 2.31. The number of guanidine groups is 2. The van der Waals surface area contributed by atoms with Crippen LogP contribution < -0.4 is 17.2 Å². The zero-order valence-electron chi connectivity index (χ0n) is 13.9. The third-order valence-electron chi connectivity index (χ3n) is 3.80. The molecule has 9 heteroatoms. The van der Waals surface area contributed by atoms with Gasteiger partial charge in [0.2, 0.25) is 16.0 Å². The predicted molar refractivity (Wildman–Crippen MR) is 95.2 cm³/mol. The van der Waals surface area contributed by atoms with Crippen LogP contribution >= 0.6 is 0 Å². The summed E-state index contributed by atoms with van der Waals surface area (Å²) in [5.74, 6) is 0.423. The third-order valence-corrected chi connectivity index (χ3v) is 5.64. The normalized spacial score (nSPS) is 23.0. The summed E-state index contributed by atoms with van der Waals surface area (Å²) in [6.45, 7) is 5.24. The van der Waals surface area contributed by atoms with Gasteiger partial charge in [-0.3, -0.25) is 0 Å². The van der Waals surface area contributed by atoms with Crippen molar-refractivity contribution in [3.05, 3.63) is 24.3 Å². The molecule has 1 aromatic carbocycles.